The van der Waals surface area contributed by atoms with Gasteiger partial charge in [0.05, 0.1) is 11.1 Å². The van der Waals surface area contributed by atoms with Crippen molar-refractivity contribution in [3.05, 3.63) is 41.0 Å². The lowest BCUT2D eigenvalue weighted by molar-refractivity contribution is -0.137. The lowest BCUT2D eigenvalue weighted by Crippen LogP contribution is -2.07. The molecule has 3 nitrogen and oxygen atoms in total. The molecule has 0 radical (unpaired) electrons. The Labute approximate surface area is 123 Å². The third-order valence-corrected chi connectivity index (χ3v) is 3.34. The van der Waals surface area contributed by atoms with E-state index in [9.17, 15) is 22.8 Å². The van der Waals surface area contributed by atoms with Crippen LogP contribution in [0.5, 0.6) is 0 Å². The lowest BCUT2D eigenvalue weighted by Gasteiger charge is -2.09. The van der Waals surface area contributed by atoms with Crippen LogP contribution in [0.15, 0.2) is 24.3 Å². The molecule has 1 rings (SSSR count). The first-order chi connectivity index (χ1) is 9.71. The van der Waals surface area contributed by atoms with Gasteiger partial charge in [-0.2, -0.15) is 13.2 Å². The fraction of sp³-hybridized carbons (Fsp3) is 0.286. The number of allylic oxidation sites excluding steroid dienone is 1. The number of carboxylic acids is 1. The number of carbonyl (C=O) groups is 2. The maximum Gasteiger partial charge on any atom is 0.416 e. The molecule has 114 valence electrons. The van der Waals surface area contributed by atoms with Gasteiger partial charge in [0.15, 0.2) is 5.12 Å². The number of carboxylic acid groups (broad SMARTS) is 1. The maximum absolute atomic E-state index is 12.6. The first-order valence-corrected chi connectivity index (χ1v) is 6.95. The lowest BCUT2D eigenvalue weighted by atomic mass is 10.0. The van der Waals surface area contributed by atoms with Crippen molar-refractivity contribution in [3.8, 4) is 0 Å². The molecule has 0 fully saturated rings. The van der Waals surface area contributed by atoms with Crippen LogP contribution in [-0.2, 0) is 11.0 Å². The van der Waals surface area contributed by atoms with Crippen LogP contribution in [-0.4, -0.2) is 21.9 Å². The number of hydrogen-bond acceptors (Lipinski definition) is 3. The molecule has 1 aromatic rings. The summed E-state index contributed by atoms with van der Waals surface area (Å²) in [5, 5.41) is 8.92. The molecule has 0 saturated heterocycles. The van der Waals surface area contributed by atoms with Crippen molar-refractivity contribution in [3.63, 3.8) is 0 Å². The summed E-state index contributed by atoms with van der Waals surface area (Å²) in [5.41, 5.74) is -1.10. The molecule has 0 aromatic heterocycles. The summed E-state index contributed by atoms with van der Waals surface area (Å²) < 4.78 is 37.9. The highest BCUT2D eigenvalue weighted by atomic mass is 32.2. The number of carbonyl (C=O) groups excluding carboxylic acids is 1. The average Bonchev–Trinajstić information content (AvgIpc) is 2.36. The van der Waals surface area contributed by atoms with Crippen molar-refractivity contribution in [2.45, 2.75) is 19.5 Å². The van der Waals surface area contributed by atoms with Gasteiger partial charge in [0.25, 0.3) is 0 Å². The minimum atomic E-state index is -4.52. The second kappa shape index (κ2) is 7.31. The Bertz CT molecular complexity index is 565. The van der Waals surface area contributed by atoms with E-state index in [4.69, 9.17) is 5.11 Å². The van der Waals surface area contributed by atoms with Crippen molar-refractivity contribution >= 4 is 28.9 Å². The zero-order valence-corrected chi connectivity index (χ0v) is 11.9. The van der Waals surface area contributed by atoms with Gasteiger partial charge in [0.2, 0.25) is 0 Å². The molecule has 0 unspecified atom stereocenters. The van der Waals surface area contributed by atoms with E-state index in [2.05, 4.69) is 0 Å². The van der Waals surface area contributed by atoms with E-state index in [-0.39, 0.29) is 16.2 Å². The van der Waals surface area contributed by atoms with E-state index in [0.717, 1.165) is 30.0 Å². The van der Waals surface area contributed by atoms with Crippen molar-refractivity contribution in [2.24, 2.45) is 0 Å². The predicted octanol–water partition coefficient (Wildman–Crippen LogP) is 4.09. The summed E-state index contributed by atoms with van der Waals surface area (Å²) in [6.07, 6.45) is -1.18. The van der Waals surface area contributed by atoms with Gasteiger partial charge in [-0.3, -0.25) is 4.79 Å². The zero-order chi connectivity index (χ0) is 16.0. The summed E-state index contributed by atoms with van der Waals surface area (Å²) in [4.78, 5) is 21.7. The van der Waals surface area contributed by atoms with E-state index in [1.165, 1.54) is 13.0 Å². The Hall–Kier alpha value is -1.76. The third kappa shape index (κ3) is 5.63. The standard InChI is InChI=1S/C14H13F3O3S/c1-9(18)21-7-3-2-4-10-8-11(14(15,16)17)5-6-12(10)13(19)20/h2,4-6,8H,3,7H2,1H3,(H,19,20). The number of aromatic carboxylic acids is 1. The average molecular weight is 318 g/mol. The monoisotopic (exact) mass is 318 g/mol. The largest absolute Gasteiger partial charge is 0.478 e. The van der Waals surface area contributed by atoms with E-state index in [1.807, 2.05) is 0 Å². The number of halogens is 3. The van der Waals surface area contributed by atoms with Gasteiger partial charge in [-0.15, -0.1) is 0 Å². The van der Waals surface area contributed by atoms with Crippen molar-refractivity contribution < 1.29 is 27.9 Å². The molecule has 0 aliphatic rings. The molecule has 0 amide bonds. The van der Waals surface area contributed by atoms with Gasteiger partial charge in [0.1, 0.15) is 0 Å². The van der Waals surface area contributed by atoms with E-state index < -0.39 is 17.7 Å². The fourth-order valence-electron chi connectivity index (χ4n) is 1.55. The van der Waals surface area contributed by atoms with Crippen molar-refractivity contribution in [2.75, 3.05) is 5.75 Å². The van der Waals surface area contributed by atoms with Gasteiger partial charge in [-0.05, 0) is 30.2 Å². The number of rotatable bonds is 5. The second-order valence-corrected chi connectivity index (χ2v) is 5.41. The molecule has 7 heteroatoms. The summed E-state index contributed by atoms with van der Waals surface area (Å²) in [7, 11) is 0. The van der Waals surface area contributed by atoms with Gasteiger partial charge < -0.3 is 5.11 Å². The SMILES string of the molecule is CC(=O)SCCC=Cc1cc(C(F)(F)F)ccc1C(=O)O. The highest BCUT2D eigenvalue weighted by Crippen LogP contribution is 2.31. The van der Waals surface area contributed by atoms with E-state index in [0.29, 0.717) is 12.2 Å². The van der Waals surface area contributed by atoms with Crippen molar-refractivity contribution in [1.82, 2.24) is 0 Å². The smallest absolute Gasteiger partial charge is 0.416 e. The molecule has 0 heterocycles. The Kier molecular flexibility index (Phi) is 6.02. The Balaban J connectivity index is 2.94. The molecule has 0 aliphatic carbocycles. The molecule has 0 aliphatic heterocycles. The van der Waals surface area contributed by atoms with Crippen LogP contribution in [0.3, 0.4) is 0 Å². The summed E-state index contributed by atoms with van der Waals surface area (Å²) in [6.45, 7) is 1.42. The van der Waals surface area contributed by atoms with Crippen LogP contribution in [0.2, 0.25) is 0 Å². The maximum atomic E-state index is 12.6. The molecular formula is C14H13F3O3S. The van der Waals surface area contributed by atoms with Crippen LogP contribution < -0.4 is 0 Å². The van der Waals surface area contributed by atoms with Gasteiger partial charge in [-0.25, -0.2) is 4.79 Å². The second-order valence-electron chi connectivity index (χ2n) is 4.14. The molecule has 0 spiro atoms. The quantitative estimate of drug-likeness (QED) is 0.831. The Morgan fingerprint density at radius 2 is 2.00 bits per heavy atom. The van der Waals surface area contributed by atoms with Crippen LogP contribution >= 0.6 is 11.8 Å². The van der Waals surface area contributed by atoms with Crippen LogP contribution in [0.25, 0.3) is 6.08 Å². The van der Waals surface area contributed by atoms with Crippen LogP contribution in [0, 0.1) is 0 Å². The third-order valence-electron chi connectivity index (χ3n) is 2.50. The predicted molar refractivity (Wildman–Crippen MR) is 75.2 cm³/mol. The number of alkyl halides is 3. The van der Waals surface area contributed by atoms with E-state index >= 15 is 0 Å². The summed E-state index contributed by atoms with van der Waals surface area (Å²) in [6, 6.07) is 2.49. The summed E-state index contributed by atoms with van der Waals surface area (Å²) >= 11 is 1.10. The minimum absolute atomic E-state index is 0.00912. The highest BCUT2D eigenvalue weighted by Gasteiger charge is 2.31. The molecule has 21 heavy (non-hydrogen) atoms. The first kappa shape index (κ1) is 17.3. The molecule has 1 aromatic carbocycles. The minimum Gasteiger partial charge on any atom is -0.478 e. The first-order valence-electron chi connectivity index (χ1n) is 5.96. The molecule has 1 N–H and O–H groups in total. The number of thioether (sulfide) groups is 1. The molecule has 0 atom stereocenters. The molecule has 0 bridgehead atoms. The normalized spacial score (nSPS) is 11.8. The van der Waals surface area contributed by atoms with Crippen LogP contribution in [0.4, 0.5) is 13.2 Å². The summed E-state index contributed by atoms with van der Waals surface area (Å²) in [5.74, 6) is -0.797. The number of hydrogen-bond donors (Lipinski definition) is 1. The fourth-order valence-corrected chi connectivity index (χ4v) is 2.09. The molecule has 0 saturated carbocycles. The van der Waals surface area contributed by atoms with Gasteiger partial charge >= 0.3 is 12.1 Å². The van der Waals surface area contributed by atoms with Crippen molar-refractivity contribution in [1.29, 1.82) is 0 Å². The highest BCUT2D eigenvalue weighted by molar-refractivity contribution is 8.13. The zero-order valence-electron chi connectivity index (χ0n) is 11.1. The number of benzene rings is 1. The topological polar surface area (TPSA) is 54.4 Å². The van der Waals surface area contributed by atoms with Gasteiger partial charge in [-0.1, -0.05) is 23.9 Å². The Morgan fingerprint density at radius 1 is 1.33 bits per heavy atom. The van der Waals surface area contributed by atoms with E-state index in [1.54, 1.807) is 6.08 Å². The molecular weight excluding hydrogens is 305 g/mol. The van der Waals surface area contributed by atoms with Gasteiger partial charge in [0, 0.05) is 12.7 Å². The Morgan fingerprint density at radius 3 is 2.52 bits per heavy atom. The van der Waals surface area contributed by atoms with Crippen LogP contribution in [0.1, 0.15) is 34.8 Å².